The van der Waals surface area contributed by atoms with Crippen LogP contribution in [0.2, 0.25) is 0 Å². The van der Waals surface area contributed by atoms with Crippen molar-refractivity contribution in [2.45, 2.75) is 13.0 Å². The van der Waals surface area contributed by atoms with Crippen molar-refractivity contribution in [3.05, 3.63) is 67.4 Å². The molecule has 3 aromatic rings. The number of rotatable bonds is 2. The standard InChI is InChI=1S/C16H14INS/c1-10-6-7-14(13-5-3-2-4-12(10)13)16(18)11-8-15(17)19-9-11/h2-9,16H,18H2,1H3. The maximum absolute atomic E-state index is 6.45. The Morgan fingerprint density at radius 1 is 1.11 bits per heavy atom. The lowest BCUT2D eigenvalue weighted by molar-refractivity contribution is 0.885. The van der Waals surface area contributed by atoms with Gasteiger partial charge in [0.1, 0.15) is 0 Å². The molecule has 1 atom stereocenters. The highest BCUT2D eigenvalue weighted by atomic mass is 127. The van der Waals surface area contributed by atoms with E-state index in [2.05, 4.69) is 77.4 Å². The van der Waals surface area contributed by atoms with Crippen molar-refractivity contribution in [2.24, 2.45) is 5.73 Å². The van der Waals surface area contributed by atoms with Gasteiger partial charge < -0.3 is 5.73 Å². The van der Waals surface area contributed by atoms with Crippen molar-refractivity contribution in [3.8, 4) is 0 Å². The van der Waals surface area contributed by atoms with Crippen molar-refractivity contribution in [2.75, 3.05) is 0 Å². The quantitative estimate of drug-likeness (QED) is 0.633. The molecule has 1 heterocycles. The average Bonchev–Trinajstić information content (AvgIpc) is 2.86. The average molecular weight is 379 g/mol. The molecule has 0 amide bonds. The van der Waals surface area contributed by atoms with E-state index in [9.17, 15) is 0 Å². The van der Waals surface area contributed by atoms with Gasteiger partial charge in [-0.2, -0.15) is 0 Å². The minimum absolute atomic E-state index is 0.0507. The van der Waals surface area contributed by atoms with Gasteiger partial charge in [-0.3, -0.25) is 0 Å². The fourth-order valence-electron chi connectivity index (χ4n) is 2.41. The Hall–Kier alpha value is -0.910. The fourth-order valence-corrected chi connectivity index (χ4v) is 3.82. The molecule has 0 aliphatic heterocycles. The molecular weight excluding hydrogens is 365 g/mol. The predicted molar refractivity (Wildman–Crippen MR) is 91.8 cm³/mol. The van der Waals surface area contributed by atoms with Crippen LogP contribution in [0.5, 0.6) is 0 Å². The summed E-state index contributed by atoms with van der Waals surface area (Å²) in [6, 6.07) is 14.9. The number of benzene rings is 2. The molecule has 0 aliphatic rings. The summed E-state index contributed by atoms with van der Waals surface area (Å²) in [4.78, 5) is 0. The smallest absolute Gasteiger partial charge is 0.0656 e. The van der Waals surface area contributed by atoms with Crippen LogP contribution in [-0.4, -0.2) is 0 Å². The van der Waals surface area contributed by atoms with Crippen molar-refractivity contribution in [1.82, 2.24) is 0 Å². The lowest BCUT2D eigenvalue weighted by Crippen LogP contribution is -2.11. The Morgan fingerprint density at radius 2 is 1.84 bits per heavy atom. The molecular formula is C16H14INS. The Labute approximate surface area is 130 Å². The topological polar surface area (TPSA) is 26.0 Å². The van der Waals surface area contributed by atoms with Crippen LogP contribution < -0.4 is 5.73 Å². The third kappa shape index (κ3) is 2.42. The van der Waals surface area contributed by atoms with Crippen molar-refractivity contribution in [3.63, 3.8) is 0 Å². The summed E-state index contributed by atoms with van der Waals surface area (Å²) in [5.74, 6) is 0. The van der Waals surface area contributed by atoms with Crippen LogP contribution in [0.25, 0.3) is 10.8 Å². The first-order chi connectivity index (χ1) is 9.16. The second-order valence-electron chi connectivity index (χ2n) is 4.68. The molecule has 0 spiro atoms. The molecule has 0 fully saturated rings. The fraction of sp³-hybridized carbons (Fsp3) is 0.125. The van der Waals surface area contributed by atoms with Gasteiger partial charge in [0.25, 0.3) is 0 Å². The van der Waals surface area contributed by atoms with Crippen LogP contribution in [-0.2, 0) is 0 Å². The molecule has 2 aromatic carbocycles. The zero-order valence-electron chi connectivity index (χ0n) is 10.6. The molecule has 3 heteroatoms. The van der Waals surface area contributed by atoms with E-state index in [-0.39, 0.29) is 6.04 Å². The van der Waals surface area contributed by atoms with Gasteiger partial charge in [-0.1, -0.05) is 36.4 Å². The molecule has 96 valence electrons. The highest BCUT2D eigenvalue weighted by molar-refractivity contribution is 14.1. The van der Waals surface area contributed by atoms with Gasteiger partial charge in [0, 0.05) is 0 Å². The Kier molecular flexibility index (Phi) is 3.60. The molecule has 0 radical (unpaired) electrons. The Morgan fingerprint density at radius 3 is 2.53 bits per heavy atom. The van der Waals surface area contributed by atoms with Gasteiger partial charge in [0.05, 0.1) is 8.93 Å². The molecule has 3 rings (SSSR count). The number of thiophene rings is 1. The van der Waals surface area contributed by atoms with Crippen LogP contribution in [0, 0.1) is 9.81 Å². The second-order valence-corrected chi connectivity index (χ2v) is 7.48. The van der Waals surface area contributed by atoms with Gasteiger partial charge in [-0.15, -0.1) is 11.3 Å². The van der Waals surface area contributed by atoms with E-state index >= 15 is 0 Å². The van der Waals surface area contributed by atoms with Crippen molar-refractivity contribution in [1.29, 1.82) is 0 Å². The van der Waals surface area contributed by atoms with E-state index in [1.54, 1.807) is 11.3 Å². The number of aryl methyl sites for hydroxylation is 1. The molecule has 0 bridgehead atoms. The van der Waals surface area contributed by atoms with Crippen LogP contribution in [0.4, 0.5) is 0 Å². The van der Waals surface area contributed by atoms with E-state index in [1.807, 2.05) is 0 Å². The maximum atomic E-state index is 6.45. The lowest BCUT2D eigenvalue weighted by Gasteiger charge is -2.15. The molecule has 19 heavy (non-hydrogen) atoms. The van der Waals surface area contributed by atoms with Crippen LogP contribution in [0.3, 0.4) is 0 Å². The summed E-state index contributed by atoms with van der Waals surface area (Å²) in [5, 5.41) is 4.71. The lowest BCUT2D eigenvalue weighted by atomic mass is 9.94. The molecule has 1 aromatic heterocycles. The predicted octanol–water partition coefficient (Wildman–Crippen LogP) is 4.86. The Bertz CT molecular complexity index is 732. The third-order valence-corrected chi connectivity index (χ3v) is 5.26. The van der Waals surface area contributed by atoms with E-state index in [4.69, 9.17) is 5.73 Å². The summed E-state index contributed by atoms with van der Waals surface area (Å²) in [5.41, 5.74) is 10.1. The number of fused-ring (bicyclic) bond motifs is 1. The van der Waals surface area contributed by atoms with E-state index in [1.165, 1.54) is 30.3 Å². The zero-order chi connectivity index (χ0) is 13.4. The zero-order valence-corrected chi connectivity index (χ0v) is 13.5. The summed E-state index contributed by atoms with van der Waals surface area (Å²) < 4.78 is 1.28. The second kappa shape index (κ2) is 5.23. The molecule has 2 N–H and O–H groups in total. The van der Waals surface area contributed by atoms with Crippen molar-refractivity contribution < 1.29 is 0 Å². The van der Waals surface area contributed by atoms with E-state index in [0.717, 1.165) is 0 Å². The highest BCUT2D eigenvalue weighted by Gasteiger charge is 2.14. The number of nitrogens with two attached hydrogens (primary N) is 1. The first-order valence-electron chi connectivity index (χ1n) is 6.14. The normalized spacial score (nSPS) is 12.8. The molecule has 0 saturated carbocycles. The summed E-state index contributed by atoms with van der Waals surface area (Å²) in [7, 11) is 0. The molecule has 0 saturated heterocycles. The largest absolute Gasteiger partial charge is 0.320 e. The third-order valence-electron chi connectivity index (χ3n) is 3.46. The van der Waals surface area contributed by atoms with Gasteiger partial charge in [-0.25, -0.2) is 0 Å². The first-order valence-corrected chi connectivity index (χ1v) is 8.10. The number of hydrogen-bond donors (Lipinski definition) is 1. The van der Waals surface area contributed by atoms with Gasteiger partial charge >= 0.3 is 0 Å². The highest BCUT2D eigenvalue weighted by Crippen LogP contribution is 2.31. The maximum Gasteiger partial charge on any atom is 0.0656 e. The number of halogens is 1. The Balaban J connectivity index is 2.18. The van der Waals surface area contributed by atoms with Gasteiger partial charge in [-0.05, 0) is 68.4 Å². The summed E-state index contributed by atoms with van der Waals surface area (Å²) >= 11 is 4.08. The van der Waals surface area contributed by atoms with E-state index < -0.39 is 0 Å². The van der Waals surface area contributed by atoms with Crippen LogP contribution in [0.1, 0.15) is 22.7 Å². The van der Waals surface area contributed by atoms with E-state index in [0.29, 0.717) is 0 Å². The SMILES string of the molecule is Cc1ccc(C(N)c2csc(I)c2)c2ccccc12. The number of hydrogen-bond acceptors (Lipinski definition) is 2. The first kappa shape index (κ1) is 13.1. The molecule has 1 nitrogen and oxygen atoms in total. The van der Waals surface area contributed by atoms with Crippen LogP contribution >= 0.6 is 33.9 Å². The monoisotopic (exact) mass is 379 g/mol. The summed E-state index contributed by atoms with van der Waals surface area (Å²) in [6.07, 6.45) is 0. The minimum atomic E-state index is -0.0507. The van der Waals surface area contributed by atoms with Gasteiger partial charge in [0.15, 0.2) is 0 Å². The van der Waals surface area contributed by atoms with Gasteiger partial charge in [0.2, 0.25) is 0 Å². The van der Waals surface area contributed by atoms with Crippen molar-refractivity contribution >= 4 is 44.7 Å². The van der Waals surface area contributed by atoms with Crippen LogP contribution in [0.15, 0.2) is 47.8 Å². The summed E-state index contributed by atoms with van der Waals surface area (Å²) in [6.45, 7) is 2.14. The molecule has 0 aliphatic carbocycles. The minimum Gasteiger partial charge on any atom is -0.320 e. The molecule has 1 unspecified atom stereocenters.